The van der Waals surface area contributed by atoms with E-state index in [1.807, 2.05) is 0 Å². The van der Waals surface area contributed by atoms with Crippen LogP contribution in [-0.4, -0.2) is 41.9 Å². The summed E-state index contributed by atoms with van der Waals surface area (Å²) in [6.45, 7) is 0.599. The molecule has 0 bridgehead atoms. The first-order valence-corrected chi connectivity index (χ1v) is 11.6. The molecular formula is C20H19Cl2N3O4S. The van der Waals surface area contributed by atoms with Crippen molar-refractivity contribution < 1.29 is 13.2 Å². The lowest BCUT2D eigenvalue weighted by atomic mass is 10.2. The number of sulfonamides is 1. The summed E-state index contributed by atoms with van der Waals surface area (Å²) in [7, 11) is -3.98. The van der Waals surface area contributed by atoms with Crippen LogP contribution in [0.4, 0.5) is 0 Å². The van der Waals surface area contributed by atoms with Crippen LogP contribution in [0.1, 0.15) is 18.7 Å². The van der Waals surface area contributed by atoms with Crippen LogP contribution in [0, 0.1) is 0 Å². The van der Waals surface area contributed by atoms with Gasteiger partial charge in [-0.25, -0.2) is 13.4 Å². The fourth-order valence-corrected chi connectivity index (χ4v) is 5.63. The largest absolute Gasteiger partial charge is 0.377 e. The molecule has 1 atom stereocenters. The fraction of sp³-hybridized carbons (Fsp3) is 0.300. The van der Waals surface area contributed by atoms with Crippen molar-refractivity contribution in [3.05, 3.63) is 68.7 Å². The summed E-state index contributed by atoms with van der Waals surface area (Å²) in [5.74, 6) is 0.244. The van der Waals surface area contributed by atoms with Crippen molar-refractivity contribution in [1.29, 1.82) is 0 Å². The lowest BCUT2D eigenvalue weighted by Gasteiger charge is -2.24. The van der Waals surface area contributed by atoms with Crippen molar-refractivity contribution in [3.8, 4) is 0 Å². The van der Waals surface area contributed by atoms with E-state index in [0.29, 0.717) is 17.5 Å². The van der Waals surface area contributed by atoms with Gasteiger partial charge in [-0.1, -0.05) is 35.3 Å². The van der Waals surface area contributed by atoms with E-state index in [-0.39, 0.29) is 45.5 Å². The fourth-order valence-electron chi connectivity index (χ4n) is 3.47. The van der Waals surface area contributed by atoms with Crippen LogP contribution < -0.4 is 5.56 Å². The second-order valence-electron chi connectivity index (χ2n) is 7.07. The predicted molar refractivity (Wildman–Crippen MR) is 115 cm³/mol. The first-order valence-electron chi connectivity index (χ1n) is 9.39. The summed E-state index contributed by atoms with van der Waals surface area (Å²) in [6.07, 6.45) is 1.39. The van der Waals surface area contributed by atoms with Gasteiger partial charge in [-0.2, -0.15) is 4.31 Å². The van der Waals surface area contributed by atoms with Gasteiger partial charge in [0, 0.05) is 23.2 Å². The number of nitrogens with zero attached hydrogens (tertiary/aromatic N) is 2. The number of H-pyrrole nitrogens is 1. The molecule has 2 aromatic carbocycles. The predicted octanol–water partition coefficient (Wildman–Crippen LogP) is 3.60. The molecule has 1 aromatic heterocycles. The highest BCUT2D eigenvalue weighted by Crippen LogP contribution is 2.27. The standard InChI is InChI=1S/C20H19Cl2N3O4S/c21-13-8-14(22)10-16(9-13)30(27,28)25(11-15-4-3-7-29-15)12-19-23-18-6-2-1-5-17(18)20(26)24-19/h1-2,5-6,8-10,15H,3-4,7,11-12H2,(H,23,24,26). The number of para-hydroxylation sites is 1. The van der Waals surface area contributed by atoms with Crippen LogP contribution in [-0.2, 0) is 21.3 Å². The van der Waals surface area contributed by atoms with Crippen molar-refractivity contribution in [3.63, 3.8) is 0 Å². The number of halogens is 2. The lowest BCUT2D eigenvalue weighted by molar-refractivity contribution is 0.0921. The highest BCUT2D eigenvalue weighted by Gasteiger charge is 2.30. The summed E-state index contributed by atoms with van der Waals surface area (Å²) < 4.78 is 33.7. The first kappa shape index (κ1) is 21.3. The topological polar surface area (TPSA) is 92.4 Å². The molecule has 2 heterocycles. The number of hydrogen-bond acceptors (Lipinski definition) is 5. The minimum atomic E-state index is -3.98. The Kier molecular flexibility index (Phi) is 6.13. The molecule has 0 radical (unpaired) electrons. The van der Waals surface area contributed by atoms with Crippen molar-refractivity contribution >= 4 is 44.1 Å². The number of aromatic nitrogens is 2. The molecule has 3 aromatic rings. The molecule has 1 saturated heterocycles. The van der Waals surface area contributed by atoms with E-state index in [9.17, 15) is 13.2 Å². The van der Waals surface area contributed by atoms with Crippen molar-refractivity contribution in [2.75, 3.05) is 13.2 Å². The summed E-state index contributed by atoms with van der Waals surface area (Å²) in [4.78, 5) is 19.5. The van der Waals surface area contributed by atoms with Crippen LogP contribution in [0.3, 0.4) is 0 Å². The van der Waals surface area contributed by atoms with Crippen LogP contribution >= 0.6 is 23.2 Å². The Morgan fingerprint density at radius 1 is 1.17 bits per heavy atom. The van der Waals surface area contributed by atoms with Crippen molar-refractivity contribution in [1.82, 2.24) is 14.3 Å². The average Bonchev–Trinajstić information content (AvgIpc) is 3.20. The molecular weight excluding hydrogens is 449 g/mol. The van der Waals surface area contributed by atoms with E-state index in [4.69, 9.17) is 27.9 Å². The third-order valence-corrected chi connectivity index (χ3v) is 7.12. The van der Waals surface area contributed by atoms with Crippen molar-refractivity contribution in [2.24, 2.45) is 0 Å². The number of benzene rings is 2. The Balaban J connectivity index is 1.73. The highest BCUT2D eigenvalue weighted by atomic mass is 35.5. The number of fused-ring (bicyclic) bond motifs is 1. The van der Waals surface area contributed by atoms with Crippen LogP contribution in [0.5, 0.6) is 0 Å². The molecule has 1 N–H and O–H groups in total. The van der Waals surface area contributed by atoms with Gasteiger partial charge < -0.3 is 9.72 Å². The van der Waals surface area contributed by atoms with Crippen LogP contribution in [0.15, 0.2) is 52.2 Å². The minimum absolute atomic E-state index is 0.0267. The maximum Gasteiger partial charge on any atom is 0.258 e. The average molecular weight is 468 g/mol. The molecule has 1 unspecified atom stereocenters. The van der Waals surface area contributed by atoms with E-state index in [0.717, 1.165) is 12.8 Å². The molecule has 0 spiro atoms. The molecule has 7 nitrogen and oxygen atoms in total. The number of aromatic amines is 1. The summed E-state index contributed by atoms with van der Waals surface area (Å²) in [5.41, 5.74) is 0.173. The molecule has 1 fully saturated rings. The van der Waals surface area contributed by atoms with Gasteiger partial charge in [0.1, 0.15) is 5.82 Å². The maximum atomic E-state index is 13.4. The van der Waals surface area contributed by atoms with Gasteiger partial charge in [-0.3, -0.25) is 4.79 Å². The molecule has 4 rings (SSSR count). The Bertz CT molecular complexity index is 1220. The smallest absolute Gasteiger partial charge is 0.258 e. The third-order valence-electron chi connectivity index (χ3n) is 4.89. The van der Waals surface area contributed by atoms with Gasteiger partial charge in [-0.15, -0.1) is 0 Å². The summed E-state index contributed by atoms with van der Waals surface area (Å²) in [6, 6.07) is 11.1. The molecule has 0 aliphatic carbocycles. The van der Waals surface area contributed by atoms with Crippen molar-refractivity contribution in [2.45, 2.75) is 30.4 Å². The lowest BCUT2D eigenvalue weighted by Crippen LogP contribution is -2.37. The summed E-state index contributed by atoms with van der Waals surface area (Å²) >= 11 is 12.1. The van der Waals surface area contributed by atoms with E-state index in [1.165, 1.54) is 22.5 Å². The van der Waals surface area contributed by atoms with E-state index < -0.39 is 10.0 Å². The molecule has 1 aliphatic heterocycles. The van der Waals surface area contributed by atoms with Gasteiger partial charge in [0.2, 0.25) is 10.0 Å². The Labute approximate surface area is 183 Å². The van der Waals surface area contributed by atoms with E-state index >= 15 is 0 Å². The number of ether oxygens (including phenoxy) is 1. The quantitative estimate of drug-likeness (QED) is 0.597. The zero-order valence-electron chi connectivity index (χ0n) is 15.8. The molecule has 0 saturated carbocycles. The zero-order chi connectivity index (χ0) is 21.3. The second-order valence-corrected chi connectivity index (χ2v) is 9.88. The van der Waals surface area contributed by atoms with Crippen LogP contribution in [0.2, 0.25) is 10.0 Å². The number of nitrogens with one attached hydrogen (secondary N) is 1. The van der Waals surface area contributed by atoms with Gasteiger partial charge in [0.15, 0.2) is 0 Å². The highest BCUT2D eigenvalue weighted by molar-refractivity contribution is 7.89. The molecule has 1 aliphatic rings. The third kappa shape index (κ3) is 4.53. The Morgan fingerprint density at radius 2 is 1.90 bits per heavy atom. The maximum absolute atomic E-state index is 13.4. The second kappa shape index (κ2) is 8.64. The number of hydrogen-bond donors (Lipinski definition) is 1. The molecule has 10 heteroatoms. The van der Waals surface area contributed by atoms with E-state index in [1.54, 1.807) is 24.3 Å². The van der Waals surface area contributed by atoms with Gasteiger partial charge >= 0.3 is 0 Å². The normalized spacial score (nSPS) is 17.1. The Hall–Kier alpha value is -1.97. The molecule has 0 amide bonds. The number of rotatable bonds is 6. The summed E-state index contributed by atoms with van der Waals surface area (Å²) in [5, 5.41) is 0.877. The van der Waals surface area contributed by atoms with E-state index in [2.05, 4.69) is 9.97 Å². The monoisotopic (exact) mass is 467 g/mol. The first-order chi connectivity index (χ1) is 14.3. The van der Waals surface area contributed by atoms with Gasteiger partial charge in [-0.05, 0) is 43.2 Å². The Morgan fingerprint density at radius 3 is 2.60 bits per heavy atom. The molecule has 158 valence electrons. The zero-order valence-corrected chi connectivity index (χ0v) is 18.2. The van der Waals surface area contributed by atoms with Gasteiger partial charge in [0.25, 0.3) is 5.56 Å². The molecule has 30 heavy (non-hydrogen) atoms. The minimum Gasteiger partial charge on any atom is -0.377 e. The van der Waals surface area contributed by atoms with Gasteiger partial charge in [0.05, 0.1) is 28.4 Å². The SMILES string of the molecule is O=c1[nH]c(CN(CC2CCCO2)S(=O)(=O)c2cc(Cl)cc(Cl)c2)nc2ccccc12. The van der Waals surface area contributed by atoms with Crippen LogP contribution in [0.25, 0.3) is 10.9 Å².